The minimum atomic E-state index is -0.449. The Labute approximate surface area is 211 Å². The first kappa shape index (κ1) is 23.6. The molecule has 0 bridgehead atoms. The summed E-state index contributed by atoms with van der Waals surface area (Å²) >= 11 is 0. The Morgan fingerprint density at radius 3 is 2.39 bits per heavy atom. The molecule has 0 heterocycles. The third-order valence-electron chi connectivity index (χ3n) is 6.61. The molecule has 36 heavy (non-hydrogen) atoms. The first-order chi connectivity index (χ1) is 17.7. The van der Waals surface area contributed by atoms with E-state index in [1.54, 1.807) is 18.2 Å². The van der Waals surface area contributed by atoms with Gasteiger partial charge in [0, 0.05) is 6.54 Å². The van der Waals surface area contributed by atoms with Crippen LogP contribution in [0.15, 0.2) is 103 Å². The summed E-state index contributed by atoms with van der Waals surface area (Å²) in [5, 5.41) is 2.80. The predicted molar refractivity (Wildman–Crippen MR) is 140 cm³/mol. The molecule has 1 atom stereocenters. The van der Waals surface area contributed by atoms with Gasteiger partial charge in [-0.2, -0.15) is 0 Å². The SMILES string of the molecule is O=C(Nc1ccccc1F)N(Cc1ccc(OCc2ccccc2)cc1)C1CCCc2ccccc21. The van der Waals surface area contributed by atoms with Gasteiger partial charge in [-0.1, -0.05) is 78.9 Å². The number of rotatable bonds is 7. The van der Waals surface area contributed by atoms with Gasteiger partial charge in [0.2, 0.25) is 0 Å². The van der Waals surface area contributed by atoms with Crippen molar-refractivity contribution in [3.63, 3.8) is 0 Å². The molecule has 0 saturated heterocycles. The molecule has 4 nitrogen and oxygen atoms in total. The van der Waals surface area contributed by atoms with Crippen LogP contribution in [-0.2, 0) is 19.6 Å². The average Bonchev–Trinajstić information content (AvgIpc) is 2.93. The molecule has 5 rings (SSSR count). The van der Waals surface area contributed by atoms with Crippen molar-refractivity contribution in [1.82, 2.24) is 4.90 Å². The Kier molecular flexibility index (Phi) is 7.27. The van der Waals surface area contributed by atoms with Crippen molar-refractivity contribution in [3.05, 3.63) is 131 Å². The number of halogens is 1. The summed E-state index contributed by atoms with van der Waals surface area (Å²) in [5.41, 5.74) is 4.70. The fourth-order valence-corrected chi connectivity index (χ4v) is 4.75. The molecule has 182 valence electrons. The largest absolute Gasteiger partial charge is 0.489 e. The molecule has 0 aromatic heterocycles. The van der Waals surface area contributed by atoms with Gasteiger partial charge in [0.05, 0.1) is 11.7 Å². The molecule has 1 unspecified atom stereocenters. The Morgan fingerprint density at radius 2 is 1.58 bits per heavy atom. The number of carbonyl (C=O) groups excluding carboxylic acids is 1. The van der Waals surface area contributed by atoms with Crippen molar-refractivity contribution >= 4 is 11.7 Å². The zero-order chi connectivity index (χ0) is 24.7. The van der Waals surface area contributed by atoms with E-state index in [2.05, 4.69) is 17.4 Å². The number of urea groups is 1. The molecule has 4 aromatic rings. The van der Waals surface area contributed by atoms with Gasteiger partial charge < -0.3 is 15.0 Å². The van der Waals surface area contributed by atoms with Gasteiger partial charge >= 0.3 is 6.03 Å². The van der Waals surface area contributed by atoms with Crippen LogP contribution in [0.25, 0.3) is 0 Å². The maximum Gasteiger partial charge on any atom is 0.322 e. The quantitative estimate of drug-likeness (QED) is 0.297. The van der Waals surface area contributed by atoms with Crippen molar-refractivity contribution in [2.45, 2.75) is 38.5 Å². The number of benzene rings is 4. The van der Waals surface area contributed by atoms with Gasteiger partial charge in [0.1, 0.15) is 18.2 Å². The number of anilines is 1. The van der Waals surface area contributed by atoms with Gasteiger partial charge in [0.25, 0.3) is 0 Å². The number of nitrogens with one attached hydrogen (secondary N) is 1. The van der Waals surface area contributed by atoms with Crippen molar-refractivity contribution in [2.75, 3.05) is 5.32 Å². The number of carbonyl (C=O) groups is 1. The van der Waals surface area contributed by atoms with Gasteiger partial charge in [-0.25, -0.2) is 9.18 Å². The van der Waals surface area contributed by atoms with Crippen molar-refractivity contribution in [3.8, 4) is 5.75 Å². The molecule has 0 saturated carbocycles. The van der Waals surface area contributed by atoms with E-state index in [-0.39, 0.29) is 17.8 Å². The highest BCUT2D eigenvalue weighted by Crippen LogP contribution is 2.36. The number of nitrogens with zero attached hydrogens (tertiary/aromatic N) is 1. The highest BCUT2D eigenvalue weighted by atomic mass is 19.1. The second-order valence-corrected chi connectivity index (χ2v) is 9.06. The summed E-state index contributed by atoms with van der Waals surface area (Å²) in [6, 6.07) is 32.0. The average molecular weight is 481 g/mol. The van der Waals surface area contributed by atoms with E-state index in [1.165, 1.54) is 11.6 Å². The molecule has 4 aromatic carbocycles. The lowest BCUT2D eigenvalue weighted by atomic mass is 9.86. The number of ether oxygens (including phenoxy) is 1. The molecular formula is C31H29FN2O2. The molecule has 0 spiro atoms. The van der Waals surface area contributed by atoms with Gasteiger partial charge in [-0.05, 0) is 65.8 Å². The van der Waals surface area contributed by atoms with E-state index >= 15 is 0 Å². The van der Waals surface area contributed by atoms with Gasteiger partial charge in [-0.3, -0.25) is 0 Å². The topological polar surface area (TPSA) is 41.6 Å². The maximum absolute atomic E-state index is 14.3. The Hall–Kier alpha value is -4.12. The number of aryl methyl sites for hydroxylation is 1. The van der Waals surface area contributed by atoms with Crippen LogP contribution in [0.2, 0.25) is 0 Å². The lowest BCUT2D eigenvalue weighted by Crippen LogP contribution is -2.39. The summed E-state index contributed by atoms with van der Waals surface area (Å²) in [4.78, 5) is 15.4. The van der Waals surface area contributed by atoms with Crippen LogP contribution in [0.3, 0.4) is 0 Å². The highest BCUT2D eigenvalue weighted by molar-refractivity contribution is 5.89. The molecule has 0 aliphatic heterocycles. The van der Waals surface area contributed by atoms with Crippen LogP contribution in [-0.4, -0.2) is 10.9 Å². The number of amides is 2. The van der Waals surface area contributed by atoms with Crippen LogP contribution in [0, 0.1) is 5.82 Å². The molecule has 2 amide bonds. The van der Waals surface area contributed by atoms with E-state index in [1.807, 2.05) is 71.6 Å². The third-order valence-corrected chi connectivity index (χ3v) is 6.61. The van der Waals surface area contributed by atoms with Crippen LogP contribution < -0.4 is 10.1 Å². The van der Waals surface area contributed by atoms with Crippen molar-refractivity contribution in [1.29, 1.82) is 0 Å². The monoisotopic (exact) mass is 480 g/mol. The normalized spacial score (nSPS) is 14.5. The zero-order valence-corrected chi connectivity index (χ0v) is 20.1. The third kappa shape index (κ3) is 5.57. The summed E-state index contributed by atoms with van der Waals surface area (Å²) < 4.78 is 20.2. The lowest BCUT2D eigenvalue weighted by molar-refractivity contribution is 0.175. The van der Waals surface area contributed by atoms with Gasteiger partial charge in [-0.15, -0.1) is 0 Å². The molecule has 5 heteroatoms. The Balaban J connectivity index is 1.36. The molecule has 0 fully saturated rings. The van der Waals surface area contributed by atoms with Crippen LogP contribution >= 0.6 is 0 Å². The predicted octanol–water partition coefficient (Wildman–Crippen LogP) is 7.52. The van der Waals surface area contributed by atoms with E-state index in [4.69, 9.17) is 4.74 Å². The molecule has 1 aliphatic carbocycles. The molecule has 1 N–H and O–H groups in total. The van der Waals surface area contributed by atoms with E-state index in [0.29, 0.717) is 13.2 Å². The summed E-state index contributed by atoms with van der Waals surface area (Å²) in [7, 11) is 0. The minimum absolute atomic E-state index is 0.0873. The molecular weight excluding hydrogens is 451 g/mol. The van der Waals surface area contributed by atoms with E-state index in [9.17, 15) is 9.18 Å². The summed E-state index contributed by atoms with van der Waals surface area (Å²) in [6.45, 7) is 0.897. The zero-order valence-electron chi connectivity index (χ0n) is 20.1. The molecule has 1 aliphatic rings. The number of para-hydroxylation sites is 1. The second kappa shape index (κ2) is 11.1. The standard InChI is InChI=1S/C31H29FN2O2/c32-28-14-6-7-15-29(28)33-31(35)34(30-16-8-12-25-11-4-5-13-27(25)30)21-23-17-19-26(20-18-23)36-22-24-9-2-1-3-10-24/h1-7,9-11,13-15,17-20,30H,8,12,16,21-22H2,(H,33,35). The smallest absolute Gasteiger partial charge is 0.322 e. The van der Waals surface area contributed by atoms with Gasteiger partial charge in [0.15, 0.2) is 0 Å². The minimum Gasteiger partial charge on any atom is -0.489 e. The number of hydrogen-bond acceptors (Lipinski definition) is 2. The van der Waals surface area contributed by atoms with Crippen LogP contribution in [0.1, 0.15) is 41.1 Å². The highest BCUT2D eigenvalue weighted by Gasteiger charge is 2.29. The van der Waals surface area contributed by atoms with Crippen LogP contribution in [0.5, 0.6) is 5.75 Å². The Morgan fingerprint density at radius 1 is 0.861 bits per heavy atom. The number of fused-ring (bicyclic) bond motifs is 1. The first-order valence-electron chi connectivity index (χ1n) is 12.3. The van der Waals surface area contributed by atoms with E-state index < -0.39 is 5.82 Å². The summed E-state index contributed by atoms with van der Waals surface area (Å²) in [6.07, 6.45) is 2.86. The number of hydrogen-bond donors (Lipinski definition) is 1. The van der Waals surface area contributed by atoms with Crippen molar-refractivity contribution < 1.29 is 13.9 Å². The van der Waals surface area contributed by atoms with E-state index in [0.717, 1.165) is 41.7 Å². The molecule has 0 radical (unpaired) electrons. The second-order valence-electron chi connectivity index (χ2n) is 9.06. The van der Waals surface area contributed by atoms with Crippen LogP contribution in [0.4, 0.5) is 14.9 Å². The van der Waals surface area contributed by atoms with Crippen molar-refractivity contribution in [2.24, 2.45) is 0 Å². The summed E-state index contributed by atoms with van der Waals surface area (Å²) in [5.74, 6) is 0.322. The Bertz CT molecular complexity index is 1310. The lowest BCUT2D eigenvalue weighted by Gasteiger charge is -2.36. The maximum atomic E-state index is 14.3. The first-order valence-corrected chi connectivity index (χ1v) is 12.3. The fraction of sp³-hybridized carbons (Fsp3) is 0.194. The fourth-order valence-electron chi connectivity index (χ4n) is 4.75.